The number of halogens is 1. The number of rotatable bonds is 4. The van der Waals surface area contributed by atoms with Crippen LogP contribution in [0.2, 0.25) is 5.15 Å². The van der Waals surface area contributed by atoms with Crippen molar-refractivity contribution in [3.63, 3.8) is 0 Å². The molecular formula is C8H12ClN3O. The zero-order valence-corrected chi connectivity index (χ0v) is 8.38. The molecule has 0 aromatic carbocycles. The van der Waals surface area contributed by atoms with E-state index in [1.54, 1.807) is 19.4 Å². The maximum absolute atomic E-state index is 5.65. The molecule has 1 unspecified atom stereocenters. The monoisotopic (exact) mass is 201 g/mol. The van der Waals surface area contributed by atoms with Crippen molar-refractivity contribution in [3.05, 3.63) is 17.4 Å². The third-order valence-electron chi connectivity index (χ3n) is 1.62. The van der Waals surface area contributed by atoms with E-state index in [1.165, 1.54) is 0 Å². The number of nitrogens with one attached hydrogen (secondary N) is 1. The normalized spacial score (nSPS) is 12.5. The molecule has 1 atom stereocenters. The highest BCUT2D eigenvalue weighted by atomic mass is 35.5. The topological polar surface area (TPSA) is 47.0 Å². The van der Waals surface area contributed by atoms with Gasteiger partial charge >= 0.3 is 0 Å². The number of ether oxygens (including phenoxy) is 1. The van der Waals surface area contributed by atoms with E-state index < -0.39 is 0 Å². The minimum atomic E-state index is 0.159. The molecule has 72 valence electrons. The molecule has 5 heteroatoms. The minimum Gasteiger partial charge on any atom is -0.381 e. The third kappa shape index (κ3) is 3.57. The van der Waals surface area contributed by atoms with Crippen molar-refractivity contribution in [2.75, 3.05) is 19.0 Å². The summed E-state index contributed by atoms with van der Waals surface area (Å²) in [7, 11) is 1.67. The summed E-state index contributed by atoms with van der Waals surface area (Å²) in [5.41, 5.74) is 0.851. The predicted octanol–water partition coefficient (Wildman–Crippen LogP) is 1.58. The molecule has 1 N–H and O–H groups in total. The zero-order chi connectivity index (χ0) is 9.68. The Labute approximate surface area is 82.3 Å². The van der Waals surface area contributed by atoms with E-state index in [1.807, 2.05) is 6.92 Å². The van der Waals surface area contributed by atoms with Gasteiger partial charge in [0.2, 0.25) is 0 Å². The van der Waals surface area contributed by atoms with Gasteiger partial charge in [0.15, 0.2) is 5.15 Å². The summed E-state index contributed by atoms with van der Waals surface area (Å²) in [5, 5.41) is 10.8. The molecule has 1 rings (SSSR count). The van der Waals surface area contributed by atoms with Crippen LogP contribution in [0.15, 0.2) is 12.3 Å². The number of hydrogen-bond acceptors (Lipinski definition) is 4. The van der Waals surface area contributed by atoms with Gasteiger partial charge in [-0.2, -0.15) is 5.10 Å². The highest BCUT2D eigenvalue weighted by Gasteiger charge is 1.99. The summed E-state index contributed by atoms with van der Waals surface area (Å²) >= 11 is 5.65. The molecule has 1 aromatic heterocycles. The van der Waals surface area contributed by atoms with Gasteiger partial charge in [-0.1, -0.05) is 11.6 Å². The maximum Gasteiger partial charge on any atom is 0.153 e. The fourth-order valence-electron chi connectivity index (χ4n) is 0.782. The third-order valence-corrected chi connectivity index (χ3v) is 1.81. The molecule has 13 heavy (non-hydrogen) atoms. The van der Waals surface area contributed by atoms with Crippen molar-refractivity contribution in [3.8, 4) is 0 Å². The smallest absolute Gasteiger partial charge is 0.153 e. The van der Waals surface area contributed by atoms with Crippen molar-refractivity contribution in [1.82, 2.24) is 10.2 Å². The fraction of sp³-hybridized carbons (Fsp3) is 0.500. The second kappa shape index (κ2) is 4.99. The van der Waals surface area contributed by atoms with Crippen molar-refractivity contribution < 1.29 is 4.74 Å². The Morgan fingerprint density at radius 2 is 2.46 bits per heavy atom. The van der Waals surface area contributed by atoms with Crippen LogP contribution in [-0.2, 0) is 4.74 Å². The largest absolute Gasteiger partial charge is 0.381 e. The lowest BCUT2D eigenvalue weighted by atomic mass is 10.4. The average molecular weight is 202 g/mol. The van der Waals surface area contributed by atoms with E-state index in [4.69, 9.17) is 16.3 Å². The van der Waals surface area contributed by atoms with Crippen LogP contribution in [0.4, 0.5) is 5.69 Å². The minimum absolute atomic E-state index is 0.159. The van der Waals surface area contributed by atoms with Gasteiger partial charge in [0.1, 0.15) is 0 Å². The lowest BCUT2D eigenvalue weighted by Gasteiger charge is -2.10. The summed E-state index contributed by atoms with van der Waals surface area (Å²) in [4.78, 5) is 0. The highest BCUT2D eigenvalue weighted by Crippen LogP contribution is 2.09. The van der Waals surface area contributed by atoms with Gasteiger partial charge in [-0.05, 0) is 6.92 Å². The lowest BCUT2D eigenvalue weighted by molar-refractivity contribution is 0.129. The van der Waals surface area contributed by atoms with Crippen LogP contribution < -0.4 is 5.32 Å². The first-order valence-electron chi connectivity index (χ1n) is 3.97. The number of hydrogen-bond donors (Lipinski definition) is 1. The van der Waals surface area contributed by atoms with Crippen LogP contribution in [0.1, 0.15) is 6.92 Å². The van der Waals surface area contributed by atoms with E-state index >= 15 is 0 Å². The first kappa shape index (κ1) is 10.2. The standard InChI is InChI=1S/C8H12ClN3O/c1-6(13-2)4-10-7-3-8(9)12-11-5-7/h3,5-6H,4H2,1-2H3,(H,10,12). The molecule has 0 saturated carbocycles. The summed E-state index contributed by atoms with van der Waals surface area (Å²) in [6.07, 6.45) is 1.78. The zero-order valence-electron chi connectivity index (χ0n) is 7.62. The molecule has 0 fully saturated rings. The van der Waals surface area contributed by atoms with Gasteiger partial charge in [0.25, 0.3) is 0 Å². The first-order chi connectivity index (χ1) is 6.22. The van der Waals surface area contributed by atoms with Gasteiger partial charge in [0.05, 0.1) is 18.0 Å². The number of methoxy groups -OCH3 is 1. The van der Waals surface area contributed by atoms with E-state index in [-0.39, 0.29) is 6.10 Å². The molecule has 1 aromatic rings. The molecule has 1 heterocycles. The quantitative estimate of drug-likeness (QED) is 0.804. The van der Waals surface area contributed by atoms with Crippen molar-refractivity contribution >= 4 is 17.3 Å². The van der Waals surface area contributed by atoms with Crippen LogP contribution in [0.3, 0.4) is 0 Å². The molecule has 0 aliphatic heterocycles. The van der Waals surface area contributed by atoms with Gasteiger partial charge in [-0.3, -0.25) is 0 Å². The second-order valence-electron chi connectivity index (χ2n) is 2.69. The lowest BCUT2D eigenvalue weighted by Crippen LogP contribution is -2.18. The van der Waals surface area contributed by atoms with Crippen molar-refractivity contribution in [2.24, 2.45) is 0 Å². The van der Waals surface area contributed by atoms with E-state index in [9.17, 15) is 0 Å². The predicted molar refractivity (Wildman–Crippen MR) is 52.0 cm³/mol. The SMILES string of the molecule is COC(C)CNc1cnnc(Cl)c1. The van der Waals surface area contributed by atoms with Crippen LogP contribution in [0, 0.1) is 0 Å². The summed E-state index contributed by atoms with van der Waals surface area (Å²) in [5.74, 6) is 0. The Hall–Kier alpha value is -0.870. The molecule has 0 spiro atoms. The Bertz CT molecular complexity index is 269. The fourth-order valence-corrected chi connectivity index (χ4v) is 0.943. The maximum atomic E-state index is 5.65. The number of anilines is 1. The molecule has 0 bridgehead atoms. The van der Waals surface area contributed by atoms with Gasteiger partial charge in [-0.15, -0.1) is 5.10 Å². The number of nitrogens with zero attached hydrogens (tertiary/aromatic N) is 2. The van der Waals surface area contributed by atoms with E-state index in [0.29, 0.717) is 5.15 Å². The number of aromatic nitrogens is 2. The van der Waals surface area contributed by atoms with E-state index in [0.717, 1.165) is 12.2 Å². The first-order valence-corrected chi connectivity index (χ1v) is 4.35. The molecule has 0 saturated heterocycles. The van der Waals surface area contributed by atoms with Crippen LogP contribution in [-0.4, -0.2) is 30.0 Å². The Balaban J connectivity index is 2.45. The Morgan fingerprint density at radius 3 is 3.08 bits per heavy atom. The molecule has 0 amide bonds. The van der Waals surface area contributed by atoms with E-state index in [2.05, 4.69) is 15.5 Å². The summed E-state index contributed by atoms with van der Waals surface area (Å²) in [6, 6.07) is 1.72. The van der Waals surface area contributed by atoms with Gasteiger partial charge < -0.3 is 10.1 Å². The average Bonchev–Trinajstić information content (AvgIpc) is 2.14. The van der Waals surface area contributed by atoms with Gasteiger partial charge in [-0.25, -0.2) is 0 Å². The molecule has 4 nitrogen and oxygen atoms in total. The van der Waals surface area contributed by atoms with Gasteiger partial charge in [0, 0.05) is 19.7 Å². The van der Waals surface area contributed by atoms with Crippen LogP contribution in [0.25, 0.3) is 0 Å². The molecular weight excluding hydrogens is 190 g/mol. The molecule has 0 aliphatic carbocycles. The molecule has 0 radical (unpaired) electrons. The summed E-state index contributed by atoms with van der Waals surface area (Å²) in [6.45, 7) is 2.70. The van der Waals surface area contributed by atoms with Crippen LogP contribution in [0.5, 0.6) is 0 Å². The Morgan fingerprint density at radius 1 is 1.69 bits per heavy atom. The summed E-state index contributed by atoms with van der Waals surface area (Å²) < 4.78 is 5.07. The Kier molecular flexibility index (Phi) is 3.92. The van der Waals surface area contributed by atoms with Crippen molar-refractivity contribution in [1.29, 1.82) is 0 Å². The highest BCUT2D eigenvalue weighted by molar-refractivity contribution is 6.29. The second-order valence-corrected chi connectivity index (χ2v) is 3.08. The molecule has 0 aliphatic rings. The van der Waals surface area contributed by atoms with Crippen LogP contribution >= 0.6 is 11.6 Å². The van der Waals surface area contributed by atoms with Crippen molar-refractivity contribution in [2.45, 2.75) is 13.0 Å².